The molecule has 0 saturated carbocycles. The first-order valence-corrected chi connectivity index (χ1v) is 10.5. The number of carboxylic acids is 1. The number of amides is 1. The van der Waals surface area contributed by atoms with Crippen molar-refractivity contribution in [2.45, 2.75) is 6.61 Å². The Kier molecular flexibility index (Phi) is 6.66. The van der Waals surface area contributed by atoms with E-state index in [2.05, 4.69) is 5.32 Å². The number of hydrogen-bond acceptors (Lipinski definition) is 4. The lowest BCUT2D eigenvalue weighted by Crippen LogP contribution is -2.16. The minimum Gasteiger partial charge on any atom is -0.488 e. The molecule has 0 bridgehead atoms. The lowest BCUT2D eigenvalue weighted by atomic mass is 10.0. The van der Waals surface area contributed by atoms with Gasteiger partial charge in [0, 0.05) is 5.56 Å². The molecule has 0 saturated heterocycles. The summed E-state index contributed by atoms with van der Waals surface area (Å²) < 4.78 is 6.06. The van der Waals surface area contributed by atoms with Crippen LogP contribution in [0.2, 0.25) is 0 Å². The zero-order chi connectivity index (χ0) is 23.9. The Morgan fingerprint density at radius 1 is 0.912 bits per heavy atom. The van der Waals surface area contributed by atoms with E-state index in [1.165, 1.54) is 18.2 Å². The lowest BCUT2D eigenvalue weighted by molar-refractivity contribution is -0.112. The number of aromatic carboxylic acids is 1. The number of benzene rings is 4. The molecule has 1 amide bonds. The van der Waals surface area contributed by atoms with E-state index < -0.39 is 11.9 Å². The summed E-state index contributed by atoms with van der Waals surface area (Å²) in [5.41, 5.74) is 1.44. The van der Waals surface area contributed by atoms with Gasteiger partial charge in [-0.2, -0.15) is 5.26 Å². The van der Waals surface area contributed by atoms with Crippen molar-refractivity contribution in [3.8, 4) is 11.8 Å². The van der Waals surface area contributed by atoms with Crippen molar-refractivity contribution in [1.29, 1.82) is 5.26 Å². The van der Waals surface area contributed by atoms with Crippen LogP contribution in [0.4, 0.5) is 5.69 Å². The first-order chi connectivity index (χ1) is 16.6. The number of fused-ring (bicyclic) bond motifs is 1. The summed E-state index contributed by atoms with van der Waals surface area (Å²) in [5, 5.41) is 23.4. The fourth-order valence-electron chi connectivity index (χ4n) is 3.55. The Morgan fingerprint density at radius 3 is 2.38 bits per heavy atom. The van der Waals surface area contributed by atoms with Crippen molar-refractivity contribution < 1.29 is 19.4 Å². The number of carbonyl (C=O) groups excluding carboxylic acids is 1. The number of ether oxygens (including phenoxy) is 1. The zero-order valence-corrected chi connectivity index (χ0v) is 18.1. The van der Waals surface area contributed by atoms with Gasteiger partial charge in [0.2, 0.25) is 0 Å². The molecule has 0 atom stereocenters. The maximum Gasteiger partial charge on any atom is 0.337 e. The summed E-state index contributed by atoms with van der Waals surface area (Å²) in [6, 6.07) is 29.0. The number of nitrogens with one attached hydrogen (secondary N) is 1. The minimum atomic E-state index is -1.18. The highest BCUT2D eigenvalue weighted by Crippen LogP contribution is 2.31. The number of carboxylic acid groups (broad SMARTS) is 1. The van der Waals surface area contributed by atoms with Crippen molar-refractivity contribution in [2.24, 2.45) is 0 Å². The van der Waals surface area contributed by atoms with Gasteiger partial charge < -0.3 is 15.2 Å². The summed E-state index contributed by atoms with van der Waals surface area (Å²) in [4.78, 5) is 24.4. The van der Waals surface area contributed by atoms with Gasteiger partial charge in [0.05, 0.1) is 11.3 Å². The quantitative estimate of drug-likeness (QED) is 0.281. The van der Waals surface area contributed by atoms with Crippen LogP contribution in [0, 0.1) is 11.3 Å². The molecular formula is C28H20N2O4. The van der Waals surface area contributed by atoms with Gasteiger partial charge >= 0.3 is 5.97 Å². The van der Waals surface area contributed by atoms with E-state index in [0.29, 0.717) is 17.9 Å². The Morgan fingerprint density at radius 2 is 1.62 bits per heavy atom. The third-order valence-corrected chi connectivity index (χ3v) is 5.23. The van der Waals surface area contributed by atoms with Crippen LogP contribution >= 0.6 is 0 Å². The number of nitrogens with zero attached hydrogens (tertiary/aromatic N) is 1. The highest BCUT2D eigenvalue weighted by Gasteiger charge is 2.17. The van der Waals surface area contributed by atoms with Crippen LogP contribution < -0.4 is 10.1 Å². The predicted octanol–water partition coefficient (Wildman–Crippen LogP) is 5.66. The van der Waals surface area contributed by atoms with Crippen molar-refractivity contribution in [2.75, 3.05) is 5.32 Å². The smallest absolute Gasteiger partial charge is 0.337 e. The standard InChI is InChI=1S/C28H20N2O4/c29-17-21(27(31)30-25-13-7-6-12-23(25)28(32)33)16-24-22-11-5-4-10-20(22)14-15-26(24)34-18-19-8-2-1-3-9-19/h1-16H,18H2,(H,30,31)(H,32,33)/b21-16+. The third-order valence-electron chi connectivity index (χ3n) is 5.23. The Balaban J connectivity index is 1.72. The van der Waals surface area contributed by atoms with E-state index in [4.69, 9.17) is 4.74 Å². The average Bonchev–Trinajstić information content (AvgIpc) is 2.87. The van der Waals surface area contributed by atoms with Crippen molar-refractivity contribution in [3.05, 3.63) is 113 Å². The molecule has 0 fully saturated rings. The molecule has 0 aliphatic rings. The number of anilines is 1. The maximum absolute atomic E-state index is 12.9. The molecule has 6 heteroatoms. The molecule has 166 valence electrons. The molecule has 0 aliphatic heterocycles. The van der Waals surface area contributed by atoms with Crippen molar-refractivity contribution in [1.82, 2.24) is 0 Å². The Bertz CT molecular complexity index is 1440. The molecule has 34 heavy (non-hydrogen) atoms. The number of nitriles is 1. The van der Waals surface area contributed by atoms with Gasteiger partial charge in [-0.15, -0.1) is 0 Å². The minimum absolute atomic E-state index is 0.0646. The number of hydrogen-bond donors (Lipinski definition) is 2. The highest BCUT2D eigenvalue weighted by atomic mass is 16.5. The van der Waals surface area contributed by atoms with E-state index in [0.717, 1.165) is 16.3 Å². The number of para-hydroxylation sites is 1. The Labute approximate surface area is 196 Å². The van der Waals surface area contributed by atoms with Crippen LogP contribution in [0.25, 0.3) is 16.8 Å². The van der Waals surface area contributed by atoms with Gasteiger partial charge in [0.1, 0.15) is 24.0 Å². The SMILES string of the molecule is N#C/C(=C\c1c(OCc2ccccc2)ccc2ccccc12)C(=O)Nc1ccccc1C(=O)O. The molecule has 0 unspecified atom stereocenters. The van der Waals surface area contributed by atoms with Gasteiger partial charge in [-0.3, -0.25) is 4.79 Å². The van der Waals surface area contributed by atoms with E-state index in [-0.39, 0.29) is 16.8 Å². The molecule has 0 radical (unpaired) electrons. The van der Waals surface area contributed by atoms with E-state index in [9.17, 15) is 20.0 Å². The molecule has 0 aromatic heterocycles. The van der Waals surface area contributed by atoms with Crippen LogP contribution in [-0.4, -0.2) is 17.0 Å². The zero-order valence-electron chi connectivity index (χ0n) is 18.1. The molecule has 4 aromatic rings. The van der Waals surface area contributed by atoms with E-state index in [1.807, 2.05) is 72.8 Å². The molecule has 2 N–H and O–H groups in total. The first-order valence-electron chi connectivity index (χ1n) is 10.5. The van der Waals surface area contributed by atoms with Gasteiger partial charge in [-0.05, 0) is 40.6 Å². The summed E-state index contributed by atoms with van der Waals surface area (Å²) in [6.07, 6.45) is 1.47. The molecule has 4 rings (SSSR count). The van der Waals surface area contributed by atoms with Gasteiger partial charge in [-0.1, -0.05) is 72.8 Å². The van der Waals surface area contributed by atoms with Crippen molar-refractivity contribution >= 4 is 34.4 Å². The fraction of sp³-hybridized carbons (Fsp3) is 0.0357. The molecule has 4 aromatic carbocycles. The summed E-state index contributed by atoms with van der Waals surface area (Å²) >= 11 is 0. The first kappa shape index (κ1) is 22.3. The van der Waals surface area contributed by atoms with Crippen LogP contribution in [0.1, 0.15) is 21.5 Å². The van der Waals surface area contributed by atoms with Gasteiger partial charge in [-0.25, -0.2) is 4.79 Å². The summed E-state index contributed by atoms with van der Waals surface area (Å²) in [7, 11) is 0. The second kappa shape index (κ2) is 10.2. The number of carbonyl (C=O) groups is 2. The van der Waals surface area contributed by atoms with Crippen LogP contribution in [0.5, 0.6) is 5.75 Å². The molecule has 6 nitrogen and oxygen atoms in total. The van der Waals surface area contributed by atoms with Crippen molar-refractivity contribution in [3.63, 3.8) is 0 Å². The Hall–Kier alpha value is -4.89. The van der Waals surface area contributed by atoms with Crippen LogP contribution in [-0.2, 0) is 11.4 Å². The van der Waals surface area contributed by atoms with E-state index >= 15 is 0 Å². The summed E-state index contributed by atoms with van der Waals surface area (Å²) in [5.74, 6) is -1.36. The maximum atomic E-state index is 12.9. The molecular weight excluding hydrogens is 428 g/mol. The van der Waals surface area contributed by atoms with Crippen LogP contribution in [0.3, 0.4) is 0 Å². The second-order valence-corrected chi connectivity index (χ2v) is 7.45. The fourth-order valence-corrected chi connectivity index (χ4v) is 3.55. The third kappa shape index (κ3) is 4.95. The topological polar surface area (TPSA) is 99.4 Å². The molecule has 0 aliphatic carbocycles. The lowest BCUT2D eigenvalue weighted by Gasteiger charge is -2.13. The average molecular weight is 448 g/mol. The number of rotatable bonds is 7. The normalized spacial score (nSPS) is 11.0. The summed E-state index contributed by atoms with van der Waals surface area (Å²) in [6.45, 7) is 0.320. The van der Waals surface area contributed by atoms with Gasteiger partial charge in [0.25, 0.3) is 5.91 Å². The molecule has 0 spiro atoms. The highest BCUT2D eigenvalue weighted by molar-refractivity contribution is 6.13. The van der Waals surface area contributed by atoms with E-state index in [1.54, 1.807) is 12.1 Å². The van der Waals surface area contributed by atoms with Crippen LogP contribution in [0.15, 0.2) is 96.6 Å². The monoisotopic (exact) mass is 448 g/mol. The largest absolute Gasteiger partial charge is 0.488 e. The molecule has 0 heterocycles. The second-order valence-electron chi connectivity index (χ2n) is 7.45. The van der Waals surface area contributed by atoms with Gasteiger partial charge in [0.15, 0.2) is 0 Å². The predicted molar refractivity (Wildman–Crippen MR) is 130 cm³/mol.